The van der Waals surface area contributed by atoms with Crippen LogP contribution in [0.15, 0.2) is 24.3 Å². The summed E-state index contributed by atoms with van der Waals surface area (Å²) in [5.74, 6) is -0.659. The molecule has 1 aliphatic rings. The first-order valence-electron chi connectivity index (χ1n) is 5.87. The fraction of sp³-hybridized carbons (Fsp3) is 0.385. The van der Waals surface area contributed by atoms with E-state index in [2.05, 4.69) is 4.74 Å². The third-order valence-corrected chi connectivity index (χ3v) is 2.91. The van der Waals surface area contributed by atoms with Crippen molar-refractivity contribution in [1.82, 2.24) is 0 Å². The standard InChI is InChI=1S/C13H15NO5/c1-18-13(17)9-3-2-4-10(5-9)14-6-11(7-15)19-8-12(14)16/h2-5,11,15H,6-8H2,1H3. The summed E-state index contributed by atoms with van der Waals surface area (Å²) in [4.78, 5) is 24.8. The van der Waals surface area contributed by atoms with E-state index in [1.165, 1.54) is 12.0 Å². The first-order valence-corrected chi connectivity index (χ1v) is 5.87. The van der Waals surface area contributed by atoms with Gasteiger partial charge in [0.1, 0.15) is 6.61 Å². The molecule has 19 heavy (non-hydrogen) atoms. The zero-order valence-corrected chi connectivity index (χ0v) is 10.5. The Morgan fingerprint density at radius 1 is 1.58 bits per heavy atom. The summed E-state index contributed by atoms with van der Waals surface area (Å²) in [5.41, 5.74) is 0.967. The average Bonchev–Trinajstić information content (AvgIpc) is 2.47. The van der Waals surface area contributed by atoms with Crippen molar-refractivity contribution in [3.05, 3.63) is 29.8 Å². The van der Waals surface area contributed by atoms with Gasteiger partial charge < -0.3 is 19.5 Å². The Kier molecular flexibility index (Phi) is 4.13. The van der Waals surface area contributed by atoms with Gasteiger partial charge >= 0.3 is 5.97 Å². The van der Waals surface area contributed by atoms with Gasteiger partial charge in [-0.25, -0.2) is 4.79 Å². The molecular weight excluding hydrogens is 250 g/mol. The molecule has 0 aliphatic carbocycles. The lowest BCUT2D eigenvalue weighted by atomic mass is 10.1. The van der Waals surface area contributed by atoms with Crippen molar-refractivity contribution in [3.8, 4) is 0 Å². The topological polar surface area (TPSA) is 76.1 Å². The van der Waals surface area contributed by atoms with Crippen LogP contribution in [-0.4, -0.2) is 50.0 Å². The summed E-state index contributed by atoms with van der Waals surface area (Å²) in [6.07, 6.45) is -0.403. The Hall–Kier alpha value is -1.92. The molecule has 1 atom stereocenters. The molecule has 0 radical (unpaired) electrons. The SMILES string of the molecule is COC(=O)c1cccc(N2CC(CO)OCC2=O)c1. The number of ether oxygens (including phenoxy) is 2. The van der Waals surface area contributed by atoms with Crippen molar-refractivity contribution >= 4 is 17.6 Å². The number of amides is 1. The number of nitrogens with zero attached hydrogens (tertiary/aromatic N) is 1. The molecule has 1 fully saturated rings. The van der Waals surface area contributed by atoms with Gasteiger partial charge in [0, 0.05) is 5.69 Å². The van der Waals surface area contributed by atoms with Crippen LogP contribution in [0.3, 0.4) is 0 Å². The van der Waals surface area contributed by atoms with E-state index in [1.807, 2.05) is 0 Å². The molecule has 2 rings (SSSR count). The number of methoxy groups -OCH3 is 1. The minimum Gasteiger partial charge on any atom is -0.465 e. The maximum atomic E-state index is 11.8. The number of hydrogen-bond donors (Lipinski definition) is 1. The second-order valence-electron chi connectivity index (χ2n) is 4.16. The lowest BCUT2D eigenvalue weighted by molar-refractivity contribution is -0.130. The summed E-state index contributed by atoms with van der Waals surface area (Å²) in [6, 6.07) is 6.61. The molecule has 1 amide bonds. The van der Waals surface area contributed by atoms with Crippen LogP contribution < -0.4 is 4.90 Å². The van der Waals surface area contributed by atoms with Gasteiger partial charge in [-0.05, 0) is 18.2 Å². The molecule has 1 saturated heterocycles. The van der Waals surface area contributed by atoms with Crippen LogP contribution >= 0.6 is 0 Å². The Balaban J connectivity index is 2.24. The highest BCUT2D eigenvalue weighted by atomic mass is 16.5. The highest BCUT2D eigenvalue weighted by molar-refractivity contribution is 5.97. The largest absolute Gasteiger partial charge is 0.465 e. The number of hydrogen-bond acceptors (Lipinski definition) is 5. The maximum Gasteiger partial charge on any atom is 0.337 e. The molecule has 1 N–H and O–H groups in total. The third kappa shape index (κ3) is 2.91. The van der Waals surface area contributed by atoms with Crippen LogP contribution in [0.5, 0.6) is 0 Å². The maximum absolute atomic E-state index is 11.8. The van der Waals surface area contributed by atoms with Crippen molar-refractivity contribution in [1.29, 1.82) is 0 Å². The van der Waals surface area contributed by atoms with E-state index >= 15 is 0 Å². The van der Waals surface area contributed by atoms with Gasteiger partial charge in [-0.3, -0.25) is 4.79 Å². The summed E-state index contributed by atoms with van der Waals surface area (Å²) in [7, 11) is 1.30. The highest BCUT2D eigenvalue weighted by Crippen LogP contribution is 2.20. The van der Waals surface area contributed by atoms with Crippen LogP contribution in [-0.2, 0) is 14.3 Å². The first kappa shape index (κ1) is 13.5. The second kappa shape index (κ2) is 5.81. The number of aliphatic hydroxyl groups is 1. The first-order chi connectivity index (χ1) is 9.15. The van der Waals surface area contributed by atoms with Gasteiger partial charge in [-0.1, -0.05) is 6.07 Å². The number of esters is 1. The van der Waals surface area contributed by atoms with Gasteiger partial charge in [-0.2, -0.15) is 0 Å². The predicted octanol–water partition coefficient (Wildman–Crippen LogP) is 0.197. The van der Waals surface area contributed by atoms with Gasteiger partial charge in [0.05, 0.1) is 31.9 Å². The minimum absolute atomic E-state index is 0.0757. The van der Waals surface area contributed by atoms with Gasteiger partial charge in [0.15, 0.2) is 0 Å². The van der Waals surface area contributed by atoms with E-state index in [0.717, 1.165) is 0 Å². The number of morpholine rings is 1. The summed E-state index contributed by atoms with van der Waals surface area (Å²) in [5, 5.41) is 9.09. The molecule has 0 saturated carbocycles. The van der Waals surface area contributed by atoms with Crippen molar-refractivity contribution < 1.29 is 24.2 Å². The number of carbonyl (C=O) groups excluding carboxylic acids is 2. The van der Waals surface area contributed by atoms with Crippen molar-refractivity contribution in [2.75, 3.05) is 31.8 Å². The Morgan fingerprint density at radius 3 is 3.05 bits per heavy atom. The number of aliphatic hydroxyl groups excluding tert-OH is 1. The van der Waals surface area contributed by atoms with E-state index in [1.54, 1.807) is 24.3 Å². The molecule has 0 aromatic heterocycles. The van der Waals surface area contributed by atoms with Crippen LogP contribution in [0.1, 0.15) is 10.4 Å². The highest BCUT2D eigenvalue weighted by Gasteiger charge is 2.27. The van der Waals surface area contributed by atoms with Crippen molar-refractivity contribution in [2.45, 2.75) is 6.10 Å². The molecule has 0 spiro atoms. The van der Waals surface area contributed by atoms with E-state index in [-0.39, 0.29) is 25.7 Å². The lowest BCUT2D eigenvalue weighted by Gasteiger charge is -2.32. The quantitative estimate of drug-likeness (QED) is 0.790. The number of benzene rings is 1. The van der Waals surface area contributed by atoms with Crippen molar-refractivity contribution in [3.63, 3.8) is 0 Å². The predicted molar refractivity (Wildman–Crippen MR) is 67.0 cm³/mol. The molecule has 1 aromatic carbocycles. The van der Waals surface area contributed by atoms with E-state index in [0.29, 0.717) is 11.3 Å². The Bertz CT molecular complexity index is 488. The Morgan fingerprint density at radius 2 is 2.37 bits per heavy atom. The normalized spacial score (nSPS) is 19.4. The van der Waals surface area contributed by atoms with Crippen molar-refractivity contribution in [2.24, 2.45) is 0 Å². The van der Waals surface area contributed by atoms with Crippen LogP contribution in [0, 0.1) is 0 Å². The fourth-order valence-electron chi connectivity index (χ4n) is 1.90. The van der Waals surface area contributed by atoms with E-state index in [9.17, 15) is 9.59 Å². The van der Waals surface area contributed by atoms with E-state index in [4.69, 9.17) is 9.84 Å². The molecule has 1 heterocycles. The zero-order valence-electron chi connectivity index (χ0n) is 10.5. The molecule has 6 heteroatoms. The second-order valence-corrected chi connectivity index (χ2v) is 4.16. The van der Waals surface area contributed by atoms with Crippen LogP contribution in [0.4, 0.5) is 5.69 Å². The summed E-state index contributed by atoms with van der Waals surface area (Å²) in [6.45, 7) is 0.0358. The van der Waals surface area contributed by atoms with Gasteiger partial charge in [-0.15, -0.1) is 0 Å². The molecule has 1 aromatic rings. The summed E-state index contributed by atoms with van der Waals surface area (Å²) >= 11 is 0. The monoisotopic (exact) mass is 265 g/mol. The number of carbonyl (C=O) groups is 2. The fourth-order valence-corrected chi connectivity index (χ4v) is 1.90. The zero-order chi connectivity index (χ0) is 13.8. The van der Waals surface area contributed by atoms with Gasteiger partial charge in [0.25, 0.3) is 5.91 Å². The lowest BCUT2D eigenvalue weighted by Crippen LogP contribution is -2.48. The molecule has 0 bridgehead atoms. The minimum atomic E-state index is -0.457. The molecule has 102 valence electrons. The summed E-state index contributed by atoms with van der Waals surface area (Å²) < 4.78 is 9.80. The van der Waals surface area contributed by atoms with Crippen LogP contribution in [0.25, 0.3) is 0 Å². The molecule has 1 unspecified atom stereocenters. The van der Waals surface area contributed by atoms with E-state index < -0.39 is 12.1 Å². The molecule has 6 nitrogen and oxygen atoms in total. The van der Waals surface area contributed by atoms with Gasteiger partial charge in [0.2, 0.25) is 0 Å². The van der Waals surface area contributed by atoms with Crippen LogP contribution in [0.2, 0.25) is 0 Å². The molecule has 1 aliphatic heterocycles. The smallest absolute Gasteiger partial charge is 0.337 e. The molecular formula is C13H15NO5. The third-order valence-electron chi connectivity index (χ3n) is 2.91. The number of rotatable bonds is 3. The Labute approximate surface area is 110 Å². The number of anilines is 1. The average molecular weight is 265 g/mol.